The van der Waals surface area contributed by atoms with Gasteiger partial charge in [-0.05, 0) is 49.2 Å². The Kier molecular flexibility index (Phi) is 7.73. The zero-order valence-electron chi connectivity index (χ0n) is 15.2. The molecule has 2 N–H and O–H groups in total. The third kappa shape index (κ3) is 6.36. The van der Waals surface area contributed by atoms with Crippen LogP contribution in [0.4, 0.5) is 4.39 Å². The van der Waals surface area contributed by atoms with Crippen LogP contribution in [0.2, 0.25) is 0 Å². The predicted molar refractivity (Wildman–Crippen MR) is 98.3 cm³/mol. The molecule has 27 heavy (non-hydrogen) atoms. The SMILES string of the molecule is CNC(=O)c1cccnc1Oc1ccc(F)cc1.O=C(O)C1CCCCC1. The number of ether oxygens (including phenoxy) is 1. The monoisotopic (exact) mass is 374 g/mol. The third-order valence-corrected chi connectivity index (χ3v) is 4.23. The molecule has 0 atom stereocenters. The van der Waals surface area contributed by atoms with Crippen molar-refractivity contribution in [1.29, 1.82) is 0 Å². The van der Waals surface area contributed by atoms with Crippen LogP contribution in [0.25, 0.3) is 0 Å². The fourth-order valence-electron chi connectivity index (χ4n) is 2.74. The number of rotatable bonds is 4. The minimum absolute atomic E-state index is 0.0289. The molecule has 7 heteroatoms. The number of pyridine rings is 1. The molecule has 0 bridgehead atoms. The molecule has 144 valence electrons. The summed E-state index contributed by atoms with van der Waals surface area (Å²) in [6.45, 7) is 0. The van der Waals surface area contributed by atoms with Crippen molar-refractivity contribution >= 4 is 11.9 Å². The van der Waals surface area contributed by atoms with E-state index in [1.165, 1.54) is 43.9 Å². The zero-order chi connectivity index (χ0) is 19.6. The molecule has 1 fully saturated rings. The van der Waals surface area contributed by atoms with Crippen molar-refractivity contribution in [1.82, 2.24) is 10.3 Å². The highest BCUT2D eigenvalue weighted by atomic mass is 19.1. The summed E-state index contributed by atoms with van der Waals surface area (Å²) in [4.78, 5) is 25.9. The fourth-order valence-corrected chi connectivity index (χ4v) is 2.74. The smallest absolute Gasteiger partial charge is 0.306 e. The summed E-state index contributed by atoms with van der Waals surface area (Å²) in [6, 6.07) is 8.73. The molecule has 0 unspecified atom stereocenters. The first-order valence-electron chi connectivity index (χ1n) is 8.84. The number of carboxylic acid groups (broad SMARTS) is 1. The summed E-state index contributed by atoms with van der Waals surface area (Å²) >= 11 is 0. The molecule has 1 aliphatic rings. The van der Waals surface area contributed by atoms with E-state index in [0.717, 1.165) is 25.7 Å². The molecule has 1 aromatic heterocycles. The summed E-state index contributed by atoms with van der Waals surface area (Å²) in [5.74, 6) is -0.674. The molecule has 1 heterocycles. The molecule has 1 aromatic carbocycles. The van der Waals surface area contributed by atoms with Crippen molar-refractivity contribution < 1.29 is 23.8 Å². The summed E-state index contributed by atoms with van der Waals surface area (Å²) < 4.78 is 18.2. The number of aromatic nitrogens is 1. The molecule has 1 saturated carbocycles. The number of carboxylic acids is 1. The molecule has 1 amide bonds. The van der Waals surface area contributed by atoms with Crippen LogP contribution in [-0.2, 0) is 4.79 Å². The Morgan fingerprint density at radius 1 is 1.15 bits per heavy atom. The third-order valence-electron chi connectivity index (χ3n) is 4.23. The van der Waals surface area contributed by atoms with Gasteiger partial charge in [-0.15, -0.1) is 0 Å². The van der Waals surface area contributed by atoms with Crippen LogP contribution in [0, 0.1) is 11.7 Å². The predicted octanol–water partition coefficient (Wildman–Crippen LogP) is 4.02. The molecule has 1 aliphatic carbocycles. The normalized spacial score (nSPS) is 13.9. The number of hydrogen-bond donors (Lipinski definition) is 2. The fraction of sp³-hybridized carbons (Fsp3) is 0.350. The lowest BCUT2D eigenvalue weighted by atomic mass is 9.90. The minimum Gasteiger partial charge on any atom is -0.481 e. The maximum Gasteiger partial charge on any atom is 0.306 e. The standard InChI is InChI=1S/C13H11FN2O2.C7H12O2/c1-15-12(17)11-3-2-8-16-13(11)18-10-6-4-9(14)5-7-10;8-7(9)6-4-2-1-3-5-6/h2-8H,1H3,(H,15,17);6H,1-5H2,(H,8,9). The molecule has 0 radical (unpaired) electrons. The molecular weight excluding hydrogens is 351 g/mol. The maximum absolute atomic E-state index is 12.8. The molecule has 0 spiro atoms. The van der Waals surface area contributed by atoms with E-state index in [9.17, 15) is 14.0 Å². The van der Waals surface area contributed by atoms with E-state index in [4.69, 9.17) is 9.84 Å². The molecule has 6 nitrogen and oxygen atoms in total. The maximum atomic E-state index is 12.8. The molecule has 2 aromatic rings. The van der Waals surface area contributed by atoms with Crippen molar-refractivity contribution in [3.05, 3.63) is 54.0 Å². The van der Waals surface area contributed by atoms with Crippen molar-refractivity contribution in [3.63, 3.8) is 0 Å². The quantitative estimate of drug-likeness (QED) is 0.844. The van der Waals surface area contributed by atoms with Crippen molar-refractivity contribution in [2.45, 2.75) is 32.1 Å². The Labute approximate surface area is 157 Å². The summed E-state index contributed by atoms with van der Waals surface area (Å²) in [7, 11) is 1.52. The Balaban J connectivity index is 0.000000244. The van der Waals surface area contributed by atoms with Gasteiger partial charge in [-0.2, -0.15) is 0 Å². The second kappa shape index (κ2) is 10.3. The summed E-state index contributed by atoms with van der Waals surface area (Å²) in [5.41, 5.74) is 0.323. The zero-order valence-corrected chi connectivity index (χ0v) is 15.2. The van der Waals surface area contributed by atoms with Crippen LogP contribution in [0.5, 0.6) is 11.6 Å². The number of aliphatic carboxylic acids is 1. The van der Waals surface area contributed by atoms with E-state index >= 15 is 0 Å². The van der Waals surface area contributed by atoms with Crippen molar-refractivity contribution in [3.8, 4) is 11.6 Å². The number of hydrogen-bond acceptors (Lipinski definition) is 4. The van der Waals surface area contributed by atoms with Gasteiger partial charge in [0, 0.05) is 13.2 Å². The number of nitrogens with one attached hydrogen (secondary N) is 1. The Morgan fingerprint density at radius 2 is 1.81 bits per heavy atom. The molecular formula is C20H23FN2O4. The summed E-state index contributed by atoms with van der Waals surface area (Å²) in [6.07, 6.45) is 6.76. The van der Waals surface area contributed by atoms with Crippen LogP contribution < -0.4 is 10.1 Å². The van der Waals surface area contributed by atoms with Gasteiger partial charge < -0.3 is 15.2 Å². The molecule has 3 rings (SSSR count). The van der Waals surface area contributed by atoms with Crippen LogP contribution in [-0.4, -0.2) is 29.0 Å². The van der Waals surface area contributed by atoms with Gasteiger partial charge in [-0.1, -0.05) is 19.3 Å². The lowest BCUT2D eigenvalue weighted by molar-refractivity contribution is -0.142. The second-order valence-electron chi connectivity index (χ2n) is 6.16. The van der Waals surface area contributed by atoms with Crippen LogP contribution in [0.3, 0.4) is 0 Å². The number of nitrogens with zero attached hydrogens (tertiary/aromatic N) is 1. The van der Waals surface area contributed by atoms with Crippen molar-refractivity contribution in [2.24, 2.45) is 5.92 Å². The highest BCUT2D eigenvalue weighted by Gasteiger charge is 2.19. The molecule has 0 saturated heterocycles. The van der Waals surface area contributed by atoms with Gasteiger partial charge in [0.15, 0.2) is 0 Å². The van der Waals surface area contributed by atoms with E-state index in [1.54, 1.807) is 12.1 Å². The van der Waals surface area contributed by atoms with Gasteiger partial charge in [-0.3, -0.25) is 9.59 Å². The van der Waals surface area contributed by atoms with Crippen LogP contribution in [0.1, 0.15) is 42.5 Å². The summed E-state index contributed by atoms with van der Waals surface area (Å²) in [5, 5.41) is 11.0. The van der Waals surface area contributed by atoms with E-state index in [1.807, 2.05) is 0 Å². The van der Waals surface area contributed by atoms with Gasteiger partial charge in [0.2, 0.25) is 5.88 Å². The van der Waals surface area contributed by atoms with Crippen molar-refractivity contribution in [2.75, 3.05) is 7.05 Å². The van der Waals surface area contributed by atoms with E-state index in [-0.39, 0.29) is 23.5 Å². The van der Waals surface area contributed by atoms with Gasteiger partial charge in [0.25, 0.3) is 5.91 Å². The van der Waals surface area contributed by atoms with E-state index in [0.29, 0.717) is 11.3 Å². The van der Waals surface area contributed by atoms with E-state index in [2.05, 4.69) is 10.3 Å². The number of halogens is 1. The van der Waals surface area contributed by atoms with Gasteiger partial charge in [0.1, 0.15) is 17.1 Å². The average molecular weight is 374 g/mol. The molecule has 0 aliphatic heterocycles. The lowest BCUT2D eigenvalue weighted by Gasteiger charge is -2.16. The Bertz CT molecular complexity index is 759. The minimum atomic E-state index is -0.602. The number of carbonyl (C=O) groups is 2. The average Bonchev–Trinajstić information content (AvgIpc) is 2.71. The Morgan fingerprint density at radius 3 is 2.37 bits per heavy atom. The Hall–Kier alpha value is -2.96. The largest absolute Gasteiger partial charge is 0.481 e. The topological polar surface area (TPSA) is 88.5 Å². The number of amides is 1. The highest BCUT2D eigenvalue weighted by Crippen LogP contribution is 2.23. The first kappa shape index (κ1) is 20.4. The van der Waals surface area contributed by atoms with Crippen LogP contribution >= 0.6 is 0 Å². The van der Waals surface area contributed by atoms with Gasteiger partial charge in [-0.25, -0.2) is 9.37 Å². The van der Waals surface area contributed by atoms with Crippen LogP contribution in [0.15, 0.2) is 42.6 Å². The first-order chi connectivity index (χ1) is 13.0. The highest BCUT2D eigenvalue weighted by molar-refractivity contribution is 5.96. The second-order valence-corrected chi connectivity index (χ2v) is 6.16. The van der Waals surface area contributed by atoms with E-state index < -0.39 is 5.97 Å². The van der Waals surface area contributed by atoms with Gasteiger partial charge >= 0.3 is 5.97 Å². The van der Waals surface area contributed by atoms with Gasteiger partial charge in [0.05, 0.1) is 5.92 Å². The first-order valence-corrected chi connectivity index (χ1v) is 8.84. The number of benzene rings is 1. The lowest BCUT2D eigenvalue weighted by Crippen LogP contribution is -2.18. The number of carbonyl (C=O) groups excluding carboxylic acids is 1.